The molecule has 0 aliphatic carbocycles. The molecule has 0 atom stereocenters. The second-order valence-corrected chi connectivity index (χ2v) is 10.2. The summed E-state index contributed by atoms with van der Waals surface area (Å²) < 4.78 is 7.50. The van der Waals surface area contributed by atoms with Crippen LogP contribution in [0, 0.1) is 0 Å². The Bertz CT molecular complexity index is 555. The van der Waals surface area contributed by atoms with Crippen LogP contribution in [0.2, 0.25) is 0 Å². The van der Waals surface area contributed by atoms with Gasteiger partial charge in [0, 0.05) is 15.8 Å². The lowest BCUT2D eigenvalue weighted by Gasteiger charge is -2.30. The topological polar surface area (TPSA) is 9.23 Å². The van der Waals surface area contributed by atoms with Crippen molar-refractivity contribution in [2.45, 2.75) is 59.3 Å². The second kappa shape index (κ2) is 8.09. The summed E-state index contributed by atoms with van der Waals surface area (Å²) in [5.74, 6) is 1.02. The predicted octanol–water partition coefficient (Wildman–Crippen LogP) is 6.99. The quantitative estimate of drug-likeness (QED) is 0.314. The van der Waals surface area contributed by atoms with Crippen molar-refractivity contribution in [2.75, 3.05) is 7.11 Å². The van der Waals surface area contributed by atoms with Gasteiger partial charge in [-0.15, -0.1) is 0 Å². The van der Waals surface area contributed by atoms with Gasteiger partial charge >= 0.3 is 0 Å². The fraction of sp³-hybridized carbons (Fsp3) is 0.526. The second-order valence-electron chi connectivity index (χ2n) is 7.69. The summed E-state index contributed by atoms with van der Waals surface area (Å²) in [7, 11) is 4.99. The molecule has 23 heavy (non-hydrogen) atoms. The van der Waals surface area contributed by atoms with Crippen LogP contribution in [-0.4, -0.2) is 11.8 Å². The molecule has 1 nitrogen and oxygen atoms in total. The van der Waals surface area contributed by atoms with Crippen LogP contribution < -0.4 is 4.74 Å². The van der Waals surface area contributed by atoms with Gasteiger partial charge in [-0.3, -0.25) is 0 Å². The van der Waals surface area contributed by atoms with Gasteiger partial charge in [0.05, 0.1) is 7.11 Å². The normalized spacial score (nSPS) is 13.1. The molecule has 0 unspecified atom stereocenters. The van der Waals surface area contributed by atoms with Crippen molar-refractivity contribution in [1.82, 2.24) is 0 Å². The highest BCUT2D eigenvalue weighted by atomic mass is 33.1. The maximum Gasteiger partial charge on any atom is 0.126 e. The first-order chi connectivity index (χ1) is 10.5. The van der Waals surface area contributed by atoms with Crippen LogP contribution in [-0.2, 0) is 10.8 Å². The van der Waals surface area contributed by atoms with E-state index in [0.29, 0.717) is 0 Å². The van der Waals surface area contributed by atoms with Gasteiger partial charge in [0.15, 0.2) is 0 Å². The maximum atomic E-state index is 5.82. The average molecular weight is 369 g/mol. The van der Waals surface area contributed by atoms with Gasteiger partial charge in [0.2, 0.25) is 0 Å². The van der Waals surface area contributed by atoms with Crippen LogP contribution in [0.5, 0.6) is 5.75 Å². The van der Waals surface area contributed by atoms with Crippen molar-refractivity contribution in [1.29, 1.82) is 0 Å². The number of ether oxygens (including phenoxy) is 1. The van der Waals surface area contributed by atoms with E-state index in [1.807, 2.05) is 0 Å². The zero-order valence-corrected chi connectivity index (χ0v) is 17.9. The zero-order valence-electron chi connectivity index (χ0n) is 15.4. The molecular formula is C19H28OS3. The van der Waals surface area contributed by atoms with E-state index in [1.54, 1.807) is 33.4 Å². The smallest absolute Gasteiger partial charge is 0.126 e. The molecule has 1 rings (SSSR count). The van der Waals surface area contributed by atoms with Crippen molar-refractivity contribution in [3.05, 3.63) is 34.2 Å². The summed E-state index contributed by atoms with van der Waals surface area (Å²) in [6.07, 6.45) is 0. The lowest BCUT2D eigenvalue weighted by Crippen LogP contribution is -2.19. The number of rotatable bonds is 5. The monoisotopic (exact) mass is 368 g/mol. The van der Waals surface area contributed by atoms with Crippen LogP contribution in [0.3, 0.4) is 0 Å². The highest BCUT2D eigenvalue weighted by Crippen LogP contribution is 2.42. The van der Waals surface area contributed by atoms with E-state index in [-0.39, 0.29) is 10.8 Å². The van der Waals surface area contributed by atoms with Gasteiger partial charge in [-0.05, 0) is 57.2 Å². The number of hydrogen-bond donors (Lipinski definition) is 0. The molecule has 0 fully saturated rings. The van der Waals surface area contributed by atoms with Crippen LogP contribution >= 0.6 is 33.8 Å². The molecule has 128 valence electrons. The zero-order chi connectivity index (χ0) is 17.8. The van der Waals surface area contributed by atoms with E-state index in [2.05, 4.69) is 66.0 Å². The van der Waals surface area contributed by atoms with E-state index >= 15 is 0 Å². The SMILES string of the molecule is COc1c(C(C)(C)C)cc(/C(C)=C/SSC=S)cc1C(C)(C)C. The van der Waals surface area contributed by atoms with Gasteiger partial charge in [0.25, 0.3) is 0 Å². The van der Waals surface area contributed by atoms with Gasteiger partial charge in [-0.25, -0.2) is 0 Å². The fourth-order valence-corrected chi connectivity index (χ4v) is 3.91. The Morgan fingerprint density at radius 3 is 1.83 bits per heavy atom. The molecule has 0 heterocycles. The molecule has 0 saturated carbocycles. The van der Waals surface area contributed by atoms with E-state index < -0.39 is 0 Å². The Hall–Kier alpha value is -0.450. The van der Waals surface area contributed by atoms with Gasteiger partial charge in [-0.2, -0.15) is 0 Å². The molecule has 0 spiro atoms. The highest BCUT2D eigenvalue weighted by molar-refractivity contribution is 8.84. The summed E-state index contributed by atoms with van der Waals surface area (Å²) >= 11 is 4.86. The molecule has 0 radical (unpaired) electrons. The van der Waals surface area contributed by atoms with Crippen molar-refractivity contribution in [3.8, 4) is 5.75 Å². The summed E-state index contributed by atoms with van der Waals surface area (Å²) in [6.45, 7) is 15.5. The molecule has 0 amide bonds. The molecular weight excluding hydrogens is 340 g/mol. The number of thiocarbonyl (C=S) groups is 1. The Morgan fingerprint density at radius 1 is 1.00 bits per heavy atom. The maximum absolute atomic E-state index is 5.82. The number of allylic oxidation sites excluding steroid dienone is 1. The highest BCUT2D eigenvalue weighted by Gasteiger charge is 2.27. The van der Waals surface area contributed by atoms with Crippen molar-refractivity contribution in [3.63, 3.8) is 0 Å². The van der Waals surface area contributed by atoms with Gasteiger partial charge in [-0.1, -0.05) is 64.6 Å². The van der Waals surface area contributed by atoms with Crippen molar-refractivity contribution in [2.24, 2.45) is 0 Å². The Labute approximate surface area is 155 Å². The average Bonchev–Trinajstić information content (AvgIpc) is 2.44. The van der Waals surface area contributed by atoms with Crippen molar-refractivity contribution >= 4 is 44.1 Å². The molecule has 0 aliphatic heterocycles. The summed E-state index contributed by atoms with van der Waals surface area (Å²) in [4.78, 5) is 0. The first-order valence-corrected chi connectivity index (χ1v) is 10.4. The molecule has 0 N–H and O–H groups in total. The lowest BCUT2D eigenvalue weighted by atomic mass is 9.78. The first-order valence-electron chi connectivity index (χ1n) is 7.68. The Balaban J connectivity index is 3.56. The van der Waals surface area contributed by atoms with E-state index in [0.717, 1.165) is 5.75 Å². The van der Waals surface area contributed by atoms with Crippen molar-refractivity contribution < 1.29 is 4.74 Å². The summed E-state index contributed by atoms with van der Waals surface area (Å²) in [5.41, 5.74) is 5.05. The minimum Gasteiger partial charge on any atom is -0.496 e. The molecule has 0 saturated heterocycles. The number of hydrogen-bond acceptors (Lipinski definition) is 4. The third-order valence-corrected chi connectivity index (χ3v) is 5.89. The molecule has 0 bridgehead atoms. The first kappa shape index (κ1) is 20.6. The van der Waals surface area contributed by atoms with Gasteiger partial charge < -0.3 is 4.74 Å². The molecule has 0 aliphatic rings. The molecule has 1 aromatic rings. The third-order valence-electron chi connectivity index (χ3n) is 3.68. The van der Waals surface area contributed by atoms with E-state index in [4.69, 9.17) is 17.0 Å². The largest absolute Gasteiger partial charge is 0.496 e. The molecule has 0 aromatic heterocycles. The van der Waals surface area contributed by atoms with Gasteiger partial charge in [0.1, 0.15) is 5.75 Å². The number of methoxy groups -OCH3 is 1. The molecule has 4 heteroatoms. The van der Waals surface area contributed by atoms with E-state index in [9.17, 15) is 0 Å². The van der Waals surface area contributed by atoms with E-state index in [1.165, 1.54) is 22.3 Å². The minimum absolute atomic E-state index is 0.0257. The van der Waals surface area contributed by atoms with Crippen LogP contribution in [0.4, 0.5) is 0 Å². The Kier molecular flexibility index (Phi) is 7.24. The summed E-state index contributed by atoms with van der Waals surface area (Å²) in [6, 6.07) is 4.53. The number of benzene rings is 1. The van der Waals surface area contributed by atoms with Crippen LogP contribution in [0.25, 0.3) is 5.57 Å². The third kappa shape index (κ3) is 5.54. The summed E-state index contributed by atoms with van der Waals surface area (Å²) in [5, 5.41) is 2.16. The Morgan fingerprint density at radius 2 is 1.48 bits per heavy atom. The minimum atomic E-state index is 0.0257. The van der Waals surface area contributed by atoms with Crippen LogP contribution in [0.15, 0.2) is 17.5 Å². The predicted molar refractivity (Wildman–Crippen MR) is 113 cm³/mol. The fourth-order valence-electron chi connectivity index (χ4n) is 2.38. The molecule has 1 aromatic carbocycles. The lowest BCUT2D eigenvalue weighted by molar-refractivity contribution is 0.381. The van der Waals surface area contributed by atoms with Crippen LogP contribution in [0.1, 0.15) is 65.2 Å². The standard InChI is InChI=1S/C19H28OS3/c1-13(11-22-23-12-21)14-9-15(18(2,3)4)17(20-8)16(10-14)19(5,6)7/h9-12H,1-8H3/b13-11+.